The number of carbonyl (C=O) groups is 2. The van der Waals surface area contributed by atoms with Gasteiger partial charge in [0.25, 0.3) is 0 Å². The number of rotatable bonds is 5. The van der Waals surface area contributed by atoms with Crippen molar-refractivity contribution in [3.8, 4) is 0 Å². The molecule has 0 atom stereocenters. The third-order valence-electron chi connectivity index (χ3n) is 3.40. The molecular weight excluding hydrogens is 390 g/mol. The van der Waals surface area contributed by atoms with Crippen LogP contribution in [0.1, 0.15) is 21.5 Å². The number of amides is 1. The van der Waals surface area contributed by atoms with Crippen molar-refractivity contribution in [2.75, 3.05) is 0 Å². The Morgan fingerprint density at radius 1 is 0.962 bits per heavy atom. The summed E-state index contributed by atoms with van der Waals surface area (Å²) >= 11 is 11.5. The van der Waals surface area contributed by atoms with Crippen LogP contribution in [0.15, 0.2) is 48.5 Å². The predicted molar refractivity (Wildman–Crippen MR) is 94.2 cm³/mol. The van der Waals surface area contributed by atoms with Gasteiger partial charge in [-0.05, 0) is 47.5 Å². The first kappa shape index (κ1) is 20.0. The number of benzene rings is 2. The van der Waals surface area contributed by atoms with Crippen molar-refractivity contribution in [1.82, 2.24) is 0 Å². The van der Waals surface area contributed by atoms with Crippen LogP contribution in [0.4, 0.5) is 13.2 Å². The van der Waals surface area contributed by atoms with Gasteiger partial charge in [-0.1, -0.05) is 35.3 Å². The predicted octanol–water partition coefficient (Wildman–Crippen LogP) is 4.85. The Hall–Kier alpha value is -2.31. The van der Waals surface area contributed by atoms with Gasteiger partial charge in [0.05, 0.1) is 5.57 Å². The molecule has 0 aliphatic rings. The van der Waals surface area contributed by atoms with Gasteiger partial charge in [0.15, 0.2) is 5.78 Å². The van der Waals surface area contributed by atoms with E-state index in [1.165, 1.54) is 30.3 Å². The summed E-state index contributed by atoms with van der Waals surface area (Å²) in [5.74, 6) is -1.40. The minimum atomic E-state index is -4.76. The Labute approximate surface area is 157 Å². The zero-order valence-electron chi connectivity index (χ0n) is 13.1. The van der Waals surface area contributed by atoms with Crippen molar-refractivity contribution in [3.63, 3.8) is 0 Å². The van der Waals surface area contributed by atoms with E-state index in [1.54, 1.807) is 0 Å². The van der Waals surface area contributed by atoms with Crippen LogP contribution < -0.4 is 5.73 Å². The van der Waals surface area contributed by atoms with Gasteiger partial charge in [-0.25, -0.2) is 0 Å². The number of allylic oxidation sites excluding steroid dienone is 2. The van der Waals surface area contributed by atoms with Crippen molar-refractivity contribution in [2.24, 2.45) is 5.73 Å². The average molecular weight is 402 g/mol. The summed E-state index contributed by atoms with van der Waals surface area (Å²) in [6.07, 6.45) is -4.52. The molecule has 2 rings (SSSR count). The van der Waals surface area contributed by atoms with Crippen LogP contribution in [-0.2, 0) is 11.2 Å². The number of halogens is 5. The summed E-state index contributed by atoms with van der Waals surface area (Å²) in [5.41, 5.74) is 4.35. The SMILES string of the molecule is NC(=O)c1ccc(CC(=O)/C=C(/c2cc(Cl)cc(Cl)c2)C(F)(F)F)cc1. The van der Waals surface area contributed by atoms with E-state index in [9.17, 15) is 22.8 Å². The molecule has 8 heteroatoms. The molecule has 0 heterocycles. The Bertz CT molecular complexity index is 855. The molecule has 2 aromatic carbocycles. The fraction of sp³-hybridized carbons (Fsp3) is 0.111. The quantitative estimate of drug-likeness (QED) is 0.727. The van der Waals surface area contributed by atoms with Crippen LogP contribution in [0.3, 0.4) is 0 Å². The fourth-order valence-electron chi connectivity index (χ4n) is 2.24. The Morgan fingerprint density at radius 3 is 1.96 bits per heavy atom. The van der Waals surface area contributed by atoms with Gasteiger partial charge in [0.1, 0.15) is 0 Å². The lowest BCUT2D eigenvalue weighted by molar-refractivity contribution is -0.114. The summed E-state index contributed by atoms with van der Waals surface area (Å²) in [7, 11) is 0. The van der Waals surface area contributed by atoms with Crippen LogP contribution >= 0.6 is 23.2 Å². The molecule has 0 bridgehead atoms. The molecular formula is C18H12Cl2F3NO2. The summed E-state index contributed by atoms with van der Waals surface area (Å²) < 4.78 is 40.1. The van der Waals surface area contributed by atoms with Crippen LogP contribution in [0.25, 0.3) is 5.57 Å². The number of hydrogen-bond acceptors (Lipinski definition) is 2. The molecule has 1 amide bonds. The molecule has 26 heavy (non-hydrogen) atoms. The zero-order valence-corrected chi connectivity index (χ0v) is 14.6. The molecule has 0 aliphatic carbocycles. The van der Waals surface area contributed by atoms with Gasteiger partial charge in [0, 0.05) is 22.0 Å². The van der Waals surface area contributed by atoms with E-state index in [-0.39, 0.29) is 27.6 Å². The monoisotopic (exact) mass is 401 g/mol. The van der Waals surface area contributed by atoms with Gasteiger partial charge in [-0.15, -0.1) is 0 Å². The lowest BCUT2D eigenvalue weighted by atomic mass is 10.0. The second-order valence-corrected chi connectivity index (χ2v) is 6.29. The molecule has 0 aromatic heterocycles. The highest BCUT2D eigenvalue weighted by Crippen LogP contribution is 2.36. The largest absolute Gasteiger partial charge is 0.417 e. The molecule has 3 nitrogen and oxygen atoms in total. The maximum absolute atomic E-state index is 13.4. The highest BCUT2D eigenvalue weighted by molar-refractivity contribution is 6.34. The van der Waals surface area contributed by atoms with E-state index in [2.05, 4.69) is 0 Å². The Kier molecular flexibility index (Phi) is 6.10. The number of hydrogen-bond donors (Lipinski definition) is 1. The average Bonchev–Trinajstić information content (AvgIpc) is 2.51. The van der Waals surface area contributed by atoms with E-state index in [4.69, 9.17) is 28.9 Å². The molecule has 0 unspecified atom stereocenters. The van der Waals surface area contributed by atoms with E-state index < -0.39 is 23.4 Å². The molecule has 0 spiro atoms. The van der Waals surface area contributed by atoms with Gasteiger partial charge in [-0.3, -0.25) is 9.59 Å². The number of nitrogens with two attached hydrogens (primary N) is 1. The molecule has 0 saturated carbocycles. The Balaban J connectivity index is 2.31. The third-order valence-corrected chi connectivity index (χ3v) is 3.84. The molecule has 0 fully saturated rings. The first-order chi connectivity index (χ1) is 12.1. The summed E-state index contributed by atoms with van der Waals surface area (Å²) in [6, 6.07) is 9.17. The van der Waals surface area contributed by atoms with E-state index >= 15 is 0 Å². The van der Waals surface area contributed by atoms with Gasteiger partial charge < -0.3 is 5.73 Å². The third kappa shape index (κ3) is 5.34. The summed E-state index contributed by atoms with van der Waals surface area (Å²) in [5, 5.41) is 0.0503. The minimum Gasteiger partial charge on any atom is -0.366 e. The van der Waals surface area contributed by atoms with Crippen LogP contribution in [0.5, 0.6) is 0 Å². The maximum Gasteiger partial charge on any atom is 0.417 e. The first-order valence-electron chi connectivity index (χ1n) is 7.23. The van der Waals surface area contributed by atoms with Crippen molar-refractivity contribution < 1.29 is 22.8 Å². The molecule has 0 saturated heterocycles. The summed E-state index contributed by atoms with van der Waals surface area (Å²) in [4.78, 5) is 23.1. The van der Waals surface area contributed by atoms with E-state index in [0.29, 0.717) is 11.6 Å². The van der Waals surface area contributed by atoms with Gasteiger partial charge in [-0.2, -0.15) is 13.2 Å². The topological polar surface area (TPSA) is 60.2 Å². The van der Waals surface area contributed by atoms with Crippen LogP contribution in [0.2, 0.25) is 10.0 Å². The second kappa shape index (κ2) is 7.93. The molecule has 2 aromatic rings. The standard InChI is InChI=1S/C18H12Cl2F3NO2/c19-13-6-12(7-14(20)8-13)16(18(21,22)23)9-15(25)5-10-1-3-11(4-2-10)17(24)26/h1-4,6-9H,5H2,(H2,24,26)/b16-9-. The zero-order chi connectivity index (χ0) is 19.5. The van der Waals surface area contributed by atoms with Gasteiger partial charge >= 0.3 is 6.18 Å². The summed E-state index contributed by atoms with van der Waals surface area (Å²) in [6.45, 7) is 0. The molecule has 2 N–H and O–H groups in total. The number of ketones is 1. The van der Waals surface area contributed by atoms with Crippen molar-refractivity contribution in [1.29, 1.82) is 0 Å². The number of primary amides is 1. The minimum absolute atomic E-state index is 0.0251. The normalized spacial score (nSPS) is 12.1. The number of carbonyl (C=O) groups excluding carboxylic acids is 2. The Morgan fingerprint density at radius 2 is 1.50 bits per heavy atom. The molecule has 0 radical (unpaired) electrons. The van der Waals surface area contributed by atoms with Crippen LogP contribution in [-0.4, -0.2) is 17.9 Å². The lowest BCUT2D eigenvalue weighted by Crippen LogP contribution is -2.14. The lowest BCUT2D eigenvalue weighted by Gasteiger charge is -2.13. The first-order valence-corrected chi connectivity index (χ1v) is 7.99. The maximum atomic E-state index is 13.4. The van der Waals surface area contributed by atoms with E-state index in [1.807, 2.05) is 0 Å². The number of alkyl halides is 3. The molecule has 136 valence electrons. The van der Waals surface area contributed by atoms with Crippen molar-refractivity contribution in [2.45, 2.75) is 12.6 Å². The highest BCUT2D eigenvalue weighted by atomic mass is 35.5. The van der Waals surface area contributed by atoms with E-state index in [0.717, 1.165) is 12.1 Å². The van der Waals surface area contributed by atoms with Gasteiger partial charge in [0.2, 0.25) is 5.91 Å². The van der Waals surface area contributed by atoms with Crippen molar-refractivity contribution >= 4 is 40.5 Å². The smallest absolute Gasteiger partial charge is 0.366 e. The fourth-order valence-corrected chi connectivity index (χ4v) is 2.76. The van der Waals surface area contributed by atoms with Crippen molar-refractivity contribution in [3.05, 3.63) is 75.3 Å². The molecule has 0 aliphatic heterocycles. The second-order valence-electron chi connectivity index (χ2n) is 5.42. The highest BCUT2D eigenvalue weighted by Gasteiger charge is 2.35. The van der Waals surface area contributed by atoms with Crippen LogP contribution in [0, 0.1) is 0 Å².